The second-order valence-electron chi connectivity index (χ2n) is 6.80. The summed E-state index contributed by atoms with van der Waals surface area (Å²) in [5, 5.41) is 10.1. The van der Waals surface area contributed by atoms with Crippen molar-refractivity contribution >= 4 is 34.0 Å². The lowest BCUT2D eigenvalue weighted by Crippen LogP contribution is -1.97. The number of anilines is 2. The van der Waals surface area contributed by atoms with Crippen molar-refractivity contribution in [2.24, 2.45) is 0 Å². The second-order valence-corrected chi connectivity index (χ2v) is 7.21. The van der Waals surface area contributed by atoms with Crippen LogP contribution in [0.1, 0.15) is 0 Å². The summed E-state index contributed by atoms with van der Waals surface area (Å²) in [6, 6.07) is 34.5. The van der Waals surface area contributed by atoms with E-state index in [4.69, 9.17) is 16.7 Å². The molecule has 0 aliphatic carbocycles. The molecule has 0 unspecified atom stereocenters. The van der Waals surface area contributed by atoms with Gasteiger partial charge in [0.1, 0.15) is 0 Å². The lowest BCUT2D eigenvalue weighted by molar-refractivity contribution is 0.915. The second kappa shape index (κ2) is 7.46. The Bertz CT molecular complexity index is 1260. The highest BCUT2D eigenvalue weighted by molar-refractivity contribution is 6.34. The average molecular weight is 396 g/mol. The molecule has 0 aliphatic rings. The van der Waals surface area contributed by atoms with Gasteiger partial charge in [-0.05, 0) is 42.0 Å². The first-order chi connectivity index (χ1) is 14.3. The molecule has 0 amide bonds. The van der Waals surface area contributed by atoms with Crippen molar-refractivity contribution in [3.8, 4) is 16.8 Å². The van der Waals surface area contributed by atoms with E-state index in [1.165, 1.54) is 0 Å². The highest BCUT2D eigenvalue weighted by Gasteiger charge is 2.16. The van der Waals surface area contributed by atoms with Crippen LogP contribution in [0.2, 0.25) is 5.02 Å². The smallest absolute Gasteiger partial charge is 0.160 e. The molecule has 5 aromatic rings. The zero-order chi connectivity index (χ0) is 19.6. The van der Waals surface area contributed by atoms with Crippen LogP contribution >= 0.6 is 11.6 Å². The Morgan fingerprint density at radius 2 is 1.34 bits per heavy atom. The molecule has 0 spiro atoms. The first-order valence-electron chi connectivity index (χ1n) is 9.45. The molecule has 0 fully saturated rings. The number of hydrogen-bond acceptors (Lipinski definition) is 2. The number of para-hydroxylation sites is 2. The van der Waals surface area contributed by atoms with Gasteiger partial charge in [0.2, 0.25) is 0 Å². The van der Waals surface area contributed by atoms with Gasteiger partial charge in [-0.25, -0.2) is 4.68 Å². The van der Waals surface area contributed by atoms with Gasteiger partial charge in [0.25, 0.3) is 0 Å². The van der Waals surface area contributed by atoms with Crippen molar-refractivity contribution in [3.63, 3.8) is 0 Å². The molecule has 3 nitrogen and oxygen atoms in total. The van der Waals surface area contributed by atoms with E-state index >= 15 is 0 Å². The molecule has 140 valence electrons. The molecule has 4 heteroatoms. The minimum Gasteiger partial charge on any atom is -0.338 e. The van der Waals surface area contributed by atoms with Crippen LogP contribution in [-0.4, -0.2) is 9.78 Å². The third-order valence-electron chi connectivity index (χ3n) is 4.89. The molecule has 5 rings (SSSR count). The van der Waals surface area contributed by atoms with Crippen LogP contribution < -0.4 is 5.32 Å². The van der Waals surface area contributed by atoms with Crippen molar-refractivity contribution in [3.05, 3.63) is 108 Å². The van der Waals surface area contributed by atoms with Crippen LogP contribution in [0.4, 0.5) is 11.5 Å². The van der Waals surface area contributed by atoms with Crippen molar-refractivity contribution in [2.75, 3.05) is 5.32 Å². The number of rotatable bonds is 4. The summed E-state index contributed by atoms with van der Waals surface area (Å²) in [6.45, 7) is 0. The van der Waals surface area contributed by atoms with Gasteiger partial charge >= 0.3 is 0 Å². The van der Waals surface area contributed by atoms with E-state index in [2.05, 4.69) is 23.5 Å². The lowest BCUT2D eigenvalue weighted by atomic mass is 10.0. The lowest BCUT2D eigenvalue weighted by Gasteiger charge is -2.07. The number of aromatic nitrogens is 2. The first kappa shape index (κ1) is 17.5. The number of nitrogens with one attached hydrogen (secondary N) is 1. The van der Waals surface area contributed by atoms with Gasteiger partial charge in [0.05, 0.1) is 16.2 Å². The Hall–Kier alpha value is -3.56. The standard InChI is InChI=1S/C25H18ClN3/c26-23-17-24-22(16-21(23)18-10-4-1-5-11-18)25(27-19-12-6-2-7-13-19)28-29(24)20-14-8-3-9-15-20/h1-17H,(H,27,28). The zero-order valence-corrected chi connectivity index (χ0v) is 16.3. The van der Waals surface area contributed by atoms with Gasteiger partial charge in [-0.15, -0.1) is 5.10 Å². The molecule has 0 atom stereocenters. The van der Waals surface area contributed by atoms with Crippen LogP contribution in [0.5, 0.6) is 0 Å². The molecular weight excluding hydrogens is 378 g/mol. The van der Waals surface area contributed by atoms with E-state index in [1.54, 1.807) is 0 Å². The maximum Gasteiger partial charge on any atom is 0.160 e. The third-order valence-corrected chi connectivity index (χ3v) is 5.20. The molecule has 0 saturated heterocycles. The van der Waals surface area contributed by atoms with E-state index in [0.717, 1.165) is 39.2 Å². The summed E-state index contributed by atoms with van der Waals surface area (Å²) < 4.78 is 1.93. The van der Waals surface area contributed by atoms with Gasteiger partial charge in [-0.3, -0.25) is 0 Å². The molecule has 1 N–H and O–H groups in total. The van der Waals surface area contributed by atoms with E-state index in [9.17, 15) is 0 Å². The van der Waals surface area contributed by atoms with Crippen molar-refractivity contribution in [1.82, 2.24) is 9.78 Å². The zero-order valence-electron chi connectivity index (χ0n) is 15.6. The Balaban J connectivity index is 1.73. The number of halogens is 1. The van der Waals surface area contributed by atoms with Crippen LogP contribution in [0.15, 0.2) is 103 Å². The molecular formula is C25H18ClN3. The fourth-order valence-electron chi connectivity index (χ4n) is 3.49. The van der Waals surface area contributed by atoms with Gasteiger partial charge < -0.3 is 5.32 Å². The Morgan fingerprint density at radius 3 is 2.03 bits per heavy atom. The maximum absolute atomic E-state index is 6.71. The monoisotopic (exact) mass is 395 g/mol. The minimum atomic E-state index is 0.701. The van der Waals surface area contributed by atoms with Crippen molar-refractivity contribution in [1.29, 1.82) is 0 Å². The van der Waals surface area contributed by atoms with Crippen molar-refractivity contribution in [2.45, 2.75) is 0 Å². The first-order valence-corrected chi connectivity index (χ1v) is 9.82. The molecule has 1 aromatic heterocycles. The number of fused-ring (bicyclic) bond motifs is 1. The van der Waals surface area contributed by atoms with Gasteiger partial charge in [-0.2, -0.15) is 0 Å². The van der Waals surface area contributed by atoms with E-state index in [-0.39, 0.29) is 0 Å². The quantitative estimate of drug-likeness (QED) is 0.352. The van der Waals surface area contributed by atoms with Gasteiger partial charge in [0.15, 0.2) is 5.82 Å². The number of hydrogen-bond donors (Lipinski definition) is 1. The Morgan fingerprint density at radius 1 is 0.724 bits per heavy atom. The molecule has 1 heterocycles. The average Bonchev–Trinajstić information content (AvgIpc) is 3.12. The predicted molar refractivity (Wildman–Crippen MR) is 121 cm³/mol. The van der Waals surface area contributed by atoms with E-state index in [0.29, 0.717) is 5.02 Å². The summed E-state index contributed by atoms with van der Waals surface area (Å²) in [5.41, 5.74) is 5.01. The normalized spacial score (nSPS) is 10.9. The largest absolute Gasteiger partial charge is 0.338 e. The minimum absolute atomic E-state index is 0.701. The topological polar surface area (TPSA) is 29.9 Å². The van der Waals surface area contributed by atoms with Crippen molar-refractivity contribution < 1.29 is 0 Å². The van der Waals surface area contributed by atoms with Crippen LogP contribution in [-0.2, 0) is 0 Å². The molecule has 0 radical (unpaired) electrons. The number of nitrogens with zero attached hydrogens (tertiary/aromatic N) is 2. The fraction of sp³-hybridized carbons (Fsp3) is 0. The summed E-state index contributed by atoms with van der Waals surface area (Å²) in [4.78, 5) is 0. The van der Waals surface area contributed by atoms with Crippen LogP contribution in [0.3, 0.4) is 0 Å². The van der Waals surface area contributed by atoms with Gasteiger partial charge in [0, 0.05) is 16.6 Å². The SMILES string of the molecule is Clc1cc2c(cc1-c1ccccc1)c(Nc1ccccc1)nn2-c1ccccc1. The van der Waals surface area contributed by atoms with E-state index in [1.807, 2.05) is 89.6 Å². The fourth-order valence-corrected chi connectivity index (χ4v) is 3.76. The third kappa shape index (κ3) is 3.37. The summed E-state index contributed by atoms with van der Waals surface area (Å²) >= 11 is 6.71. The molecule has 4 aromatic carbocycles. The maximum atomic E-state index is 6.71. The number of benzene rings is 4. The van der Waals surface area contributed by atoms with Crippen LogP contribution in [0, 0.1) is 0 Å². The summed E-state index contributed by atoms with van der Waals surface area (Å²) in [5.74, 6) is 0.795. The Labute approximate surface area is 174 Å². The van der Waals surface area contributed by atoms with Gasteiger partial charge in [-0.1, -0.05) is 78.3 Å². The predicted octanol–water partition coefficient (Wildman–Crippen LogP) is 7.09. The summed E-state index contributed by atoms with van der Waals surface area (Å²) in [6.07, 6.45) is 0. The molecule has 29 heavy (non-hydrogen) atoms. The Kier molecular flexibility index (Phi) is 4.51. The highest BCUT2D eigenvalue weighted by atomic mass is 35.5. The molecule has 0 aliphatic heterocycles. The van der Waals surface area contributed by atoms with E-state index < -0.39 is 0 Å². The molecule has 0 bridgehead atoms. The highest BCUT2D eigenvalue weighted by Crippen LogP contribution is 2.36. The van der Waals surface area contributed by atoms with Crippen LogP contribution in [0.25, 0.3) is 27.7 Å². The molecule has 0 saturated carbocycles. The summed E-state index contributed by atoms with van der Waals surface area (Å²) in [7, 11) is 0.